The van der Waals surface area contributed by atoms with Crippen LogP contribution >= 0.6 is 0 Å². The van der Waals surface area contributed by atoms with E-state index in [4.69, 9.17) is 5.21 Å². The molecule has 0 aliphatic heterocycles. The summed E-state index contributed by atoms with van der Waals surface area (Å²) in [4.78, 5) is 33.7. The fourth-order valence-electron chi connectivity index (χ4n) is 2.08. The van der Waals surface area contributed by atoms with Gasteiger partial charge in [-0.15, -0.1) is 0 Å². The Balaban J connectivity index is 2.25. The lowest BCUT2D eigenvalue weighted by Gasteiger charge is -2.02. The van der Waals surface area contributed by atoms with Gasteiger partial charge in [-0.05, 0) is 31.4 Å². The van der Waals surface area contributed by atoms with Crippen LogP contribution in [-0.2, 0) is 9.59 Å². The van der Waals surface area contributed by atoms with Crippen LogP contribution in [0.2, 0.25) is 0 Å². The summed E-state index contributed by atoms with van der Waals surface area (Å²) in [7, 11) is 0. The number of hydroxylamine groups is 1. The van der Waals surface area contributed by atoms with Crippen molar-refractivity contribution in [3.63, 3.8) is 0 Å². The van der Waals surface area contributed by atoms with Crippen LogP contribution in [0, 0.1) is 0 Å². The van der Waals surface area contributed by atoms with Crippen LogP contribution in [-0.4, -0.2) is 29.3 Å². The summed E-state index contributed by atoms with van der Waals surface area (Å²) in [5.41, 5.74) is 3.13. The number of carbonyl (C=O) groups is 3. The Labute approximate surface area is 147 Å². The summed E-state index contributed by atoms with van der Waals surface area (Å²) >= 11 is 0. The highest BCUT2D eigenvalue weighted by Crippen LogP contribution is 2.07. The van der Waals surface area contributed by atoms with Gasteiger partial charge >= 0.3 is 0 Å². The Morgan fingerprint density at radius 3 is 2.64 bits per heavy atom. The molecule has 0 bridgehead atoms. The third-order valence-electron chi connectivity index (χ3n) is 3.45. The predicted octanol–water partition coefficient (Wildman–Crippen LogP) is 2.64. The fourth-order valence-corrected chi connectivity index (χ4v) is 2.08. The quantitative estimate of drug-likeness (QED) is 0.152. The molecule has 25 heavy (non-hydrogen) atoms. The standard InChI is InChI=1S/C19H24N2O4/c1-15(22)17-10-7-9-16(14-17)8-4-5-11-18(23)20-13-6-2-3-12-19(24)21-25/h4-5,7-11,14,25H,2-3,6,12-13H2,1H3,(H,20,23)(H,21,24)/b8-4+,11-5+. The summed E-state index contributed by atoms with van der Waals surface area (Å²) < 4.78 is 0. The van der Waals surface area contributed by atoms with E-state index in [1.54, 1.807) is 29.8 Å². The van der Waals surface area contributed by atoms with Gasteiger partial charge < -0.3 is 5.32 Å². The molecule has 0 atom stereocenters. The Bertz CT molecular complexity index is 651. The molecule has 6 nitrogen and oxygen atoms in total. The highest BCUT2D eigenvalue weighted by Gasteiger charge is 1.99. The summed E-state index contributed by atoms with van der Waals surface area (Å²) in [6.07, 6.45) is 9.15. The molecule has 0 saturated carbocycles. The molecule has 2 amide bonds. The molecule has 0 aliphatic rings. The number of hydrogen-bond donors (Lipinski definition) is 3. The van der Waals surface area contributed by atoms with Crippen LogP contribution in [0.4, 0.5) is 0 Å². The normalized spacial score (nSPS) is 11.0. The lowest BCUT2D eigenvalue weighted by atomic mass is 10.1. The molecule has 0 fully saturated rings. The van der Waals surface area contributed by atoms with E-state index in [1.807, 2.05) is 18.2 Å². The molecule has 0 aliphatic carbocycles. The maximum absolute atomic E-state index is 11.6. The molecule has 0 spiro atoms. The van der Waals surface area contributed by atoms with Gasteiger partial charge in [-0.25, -0.2) is 5.48 Å². The second-order valence-corrected chi connectivity index (χ2v) is 5.54. The molecule has 0 radical (unpaired) electrons. The van der Waals surface area contributed by atoms with Gasteiger partial charge in [0.1, 0.15) is 0 Å². The maximum atomic E-state index is 11.6. The van der Waals surface area contributed by atoms with Crippen molar-refractivity contribution < 1.29 is 19.6 Å². The van der Waals surface area contributed by atoms with Crippen LogP contribution < -0.4 is 10.8 Å². The van der Waals surface area contributed by atoms with E-state index in [-0.39, 0.29) is 18.1 Å². The molecule has 0 heterocycles. The van der Waals surface area contributed by atoms with Crippen LogP contribution in [0.3, 0.4) is 0 Å². The van der Waals surface area contributed by atoms with E-state index in [1.165, 1.54) is 13.0 Å². The number of Topliss-reactive ketones (excluding diaryl/α,β-unsaturated/α-hetero) is 1. The van der Waals surface area contributed by atoms with Crippen molar-refractivity contribution in [3.8, 4) is 0 Å². The summed E-state index contributed by atoms with van der Waals surface area (Å²) in [5.74, 6) is -0.565. The van der Waals surface area contributed by atoms with E-state index < -0.39 is 5.91 Å². The zero-order valence-electron chi connectivity index (χ0n) is 14.3. The third kappa shape index (κ3) is 9.22. The minimum absolute atomic E-state index is 0.0159. The lowest BCUT2D eigenvalue weighted by Crippen LogP contribution is -2.22. The number of nitrogens with one attached hydrogen (secondary N) is 2. The Kier molecular flexibility index (Phi) is 9.55. The van der Waals surface area contributed by atoms with E-state index in [0.29, 0.717) is 18.5 Å². The zero-order chi connectivity index (χ0) is 18.5. The molecular formula is C19H24N2O4. The lowest BCUT2D eigenvalue weighted by molar-refractivity contribution is -0.129. The molecule has 1 rings (SSSR count). The van der Waals surface area contributed by atoms with Gasteiger partial charge in [0.05, 0.1) is 0 Å². The molecule has 1 aromatic rings. The van der Waals surface area contributed by atoms with Crippen molar-refractivity contribution in [1.82, 2.24) is 10.8 Å². The number of ketones is 1. The minimum Gasteiger partial charge on any atom is -0.353 e. The van der Waals surface area contributed by atoms with E-state index in [9.17, 15) is 14.4 Å². The first-order chi connectivity index (χ1) is 12.0. The highest BCUT2D eigenvalue weighted by molar-refractivity contribution is 5.94. The van der Waals surface area contributed by atoms with Crippen molar-refractivity contribution in [2.45, 2.75) is 32.6 Å². The number of benzene rings is 1. The predicted molar refractivity (Wildman–Crippen MR) is 96.0 cm³/mol. The molecule has 3 N–H and O–H groups in total. The average Bonchev–Trinajstić information content (AvgIpc) is 2.61. The molecule has 134 valence electrons. The monoisotopic (exact) mass is 344 g/mol. The highest BCUT2D eigenvalue weighted by atomic mass is 16.5. The first-order valence-electron chi connectivity index (χ1n) is 8.19. The van der Waals surface area contributed by atoms with Gasteiger partial charge in [0, 0.05) is 24.6 Å². The number of carbonyl (C=O) groups excluding carboxylic acids is 3. The molecule has 0 saturated heterocycles. The second-order valence-electron chi connectivity index (χ2n) is 5.54. The largest absolute Gasteiger partial charge is 0.353 e. The molecule has 0 unspecified atom stereocenters. The average molecular weight is 344 g/mol. The van der Waals surface area contributed by atoms with Crippen LogP contribution in [0.25, 0.3) is 6.08 Å². The van der Waals surface area contributed by atoms with Crippen molar-refractivity contribution in [2.24, 2.45) is 0 Å². The SMILES string of the molecule is CC(=O)c1cccc(/C=C/C=C/C(=O)NCCCCCC(=O)NO)c1. The summed E-state index contributed by atoms with van der Waals surface area (Å²) in [6, 6.07) is 7.26. The molecule has 0 aromatic heterocycles. The third-order valence-corrected chi connectivity index (χ3v) is 3.45. The summed E-state index contributed by atoms with van der Waals surface area (Å²) in [5, 5.41) is 11.1. The van der Waals surface area contributed by atoms with Crippen LogP contribution in [0.5, 0.6) is 0 Å². The minimum atomic E-state index is -0.396. The molecule has 6 heteroatoms. The van der Waals surface area contributed by atoms with Crippen molar-refractivity contribution in [1.29, 1.82) is 0 Å². The fraction of sp³-hybridized carbons (Fsp3) is 0.316. The van der Waals surface area contributed by atoms with Gasteiger partial charge in [0.25, 0.3) is 0 Å². The van der Waals surface area contributed by atoms with Crippen LogP contribution in [0.15, 0.2) is 42.5 Å². The summed E-state index contributed by atoms with van der Waals surface area (Å²) in [6.45, 7) is 2.06. The van der Waals surface area contributed by atoms with E-state index >= 15 is 0 Å². The molecule has 1 aromatic carbocycles. The number of allylic oxidation sites excluding steroid dienone is 2. The van der Waals surface area contributed by atoms with Gasteiger partial charge in [-0.1, -0.05) is 42.8 Å². The van der Waals surface area contributed by atoms with Gasteiger partial charge in [-0.3, -0.25) is 19.6 Å². The number of unbranched alkanes of at least 4 members (excludes halogenated alkanes) is 2. The van der Waals surface area contributed by atoms with Gasteiger partial charge in [0.2, 0.25) is 11.8 Å². The smallest absolute Gasteiger partial charge is 0.243 e. The number of hydrogen-bond acceptors (Lipinski definition) is 4. The topological polar surface area (TPSA) is 95.5 Å². The Hall–Kier alpha value is -2.73. The van der Waals surface area contributed by atoms with Gasteiger partial charge in [0.15, 0.2) is 5.78 Å². The van der Waals surface area contributed by atoms with Crippen molar-refractivity contribution in [3.05, 3.63) is 53.6 Å². The second kappa shape index (κ2) is 11.8. The zero-order valence-corrected chi connectivity index (χ0v) is 14.3. The number of rotatable bonds is 10. The molecular weight excluding hydrogens is 320 g/mol. The van der Waals surface area contributed by atoms with E-state index in [2.05, 4.69) is 5.32 Å². The Morgan fingerprint density at radius 2 is 1.92 bits per heavy atom. The van der Waals surface area contributed by atoms with E-state index in [0.717, 1.165) is 18.4 Å². The first-order valence-corrected chi connectivity index (χ1v) is 8.19. The Morgan fingerprint density at radius 1 is 1.12 bits per heavy atom. The van der Waals surface area contributed by atoms with Crippen molar-refractivity contribution >= 4 is 23.7 Å². The van der Waals surface area contributed by atoms with Crippen molar-refractivity contribution in [2.75, 3.05) is 6.54 Å². The number of amides is 2. The maximum Gasteiger partial charge on any atom is 0.243 e. The van der Waals surface area contributed by atoms with Gasteiger partial charge in [-0.2, -0.15) is 0 Å². The first kappa shape index (κ1) is 20.3. The van der Waals surface area contributed by atoms with Crippen LogP contribution in [0.1, 0.15) is 48.5 Å².